The Bertz CT molecular complexity index is 497. The Balaban J connectivity index is 0.00000484. The first-order valence-corrected chi connectivity index (χ1v) is 7.34. The van der Waals surface area contributed by atoms with Gasteiger partial charge >= 0.3 is 5.97 Å². The number of nitrogens with one attached hydrogen (secondary N) is 2. The molecule has 2 N–H and O–H groups in total. The normalized spacial score (nSPS) is 12.7. The second kappa shape index (κ2) is 11.0. The molecule has 1 amide bonds. The Morgan fingerprint density at radius 3 is 2.39 bits per heavy atom. The minimum absolute atomic E-state index is 0. The summed E-state index contributed by atoms with van der Waals surface area (Å²) in [6, 6.07) is 5.18. The molecule has 0 spiro atoms. The molecule has 0 aromatic heterocycles. The lowest BCUT2D eigenvalue weighted by atomic mass is 10.0. The van der Waals surface area contributed by atoms with Crippen LogP contribution < -0.4 is 10.6 Å². The Labute approximate surface area is 142 Å². The number of esters is 1. The molecule has 0 fully saturated rings. The number of halogens is 2. The number of carbonyl (C=O) groups is 2. The van der Waals surface area contributed by atoms with E-state index in [9.17, 15) is 14.0 Å². The first kappa shape index (κ1) is 21.3. The lowest BCUT2D eigenvalue weighted by molar-refractivity contribution is -0.143. The van der Waals surface area contributed by atoms with Crippen molar-refractivity contribution in [2.75, 3.05) is 20.2 Å². The molecule has 5 nitrogen and oxygen atoms in total. The number of benzene rings is 1. The van der Waals surface area contributed by atoms with Gasteiger partial charge in [-0.2, -0.15) is 0 Å². The summed E-state index contributed by atoms with van der Waals surface area (Å²) >= 11 is 0. The largest absolute Gasteiger partial charge is 0.466 e. The van der Waals surface area contributed by atoms with Crippen molar-refractivity contribution in [3.8, 4) is 0 Å². The number of rotatable bonds is 8. The van der Waals surface area contributed by atoms with Crippen LogP contribution in [0.5, 0.6) is 0 Å². The lowest BCUT2D eigenvalue weighted by Crippen LogP contribution is -2.37. The van der Waals surface area contributed by atoms with Crippen LogP contribution in [0.1, 0.15) is 31.9 Å². The minimum Gasteiger partial charge on any atom is -0.466 e. The molecule has 0 saturated carbocycles. The highest BCUT2D eigenvalue weighted by Crippen LogP contribution is 2.19. The summed E-state index contributed by atoms with van der Waals surface area (Å²) in [5.41, 5.74) is 0.666. The average molecular weight is 347 g/mol. The summed E-state index contributed by atoms with van der Waals surface area (Å²) in [7, 11) is 1.76. The highest BCUT2D eigenvalue weighted by Gasteiger charge is 2.21. The van der Waals surface area contributed by atoms with Gasteiger partial charge in [0.1, 0.15) is 5.82 Å². The van der Waals surface area contributed by atoms with Crippen LogP contribution in [0, 0.1) is 11.7 Å². The van der Waals surface area contributed by atoms with Crippen molar-refractivity contribution in [2.45, 2.75) is 26.3 Å². The quantitative estimate of drug-likeness (QED) is 0.708. The van der Waals surface area contributed by atoms with Crippen molar-refractivity contribution < 1.29 is 18.7 Å². The predicted molar refractivity (Wildman–Crippen MR) is 88.9 cm³/mol. The monoisotopic (exact) mass is 346 g/mol. The molecule has 0 aliphatic carbocycles. The maximum Gasteiger partial charge on any atom is 0.308 e. The first-order chi connectivity index (χ1) is 10.5. The van der Waals surface area contributed by atoms with Crippen molar-refractivity contribution in [3.63, 3.8) is 0 Å². The fourth-order valence-corrected chi connectivity index (χ4v) is 2.05. The van der Waals surface area contributed by atoms with E-state index in [4.69, 9.17) is 4.74 Å². The van der Waals surface area contributed by atoms with Crippen LogP contribution in [0.4, 0.5) is 4.39 Å². The third-order valence-electron chi connectivity index (χ3n) is 3.22. The zero-order valence-electron chi connectivity index (χ0n) is 13.6. The third-order valence-corrected chi connectivity index (χ3v) is 3.22. The van der Waals surface area contributed by atoms with Crippen molar-refractivity contribution in [3.05, 3.63) is 35.6 Å². The average Bonchev–Trinajstić information content (AvgIpc) is 2.47. The van der Waals surface area contributed by atoms with Crippen molar-refractivity contribution >= 4 is 24.3 Å². The molecule has 1 aromatic rings. The summed E-state index contributed by atoms with van der Waals surface area (Å²) in [4.78, 5) is 23.9. The second-order valence-corrected chi connectivity index (χ2v) is 5.08. The Morgan fingerprint density at radius 1 is 1.26 bits per heavy atom. The van der Waals surface area contributed by atoms with E-state index in [1.165, 1.54) is 12.1 Å². The Kier molecular flexibility index (Phi) is 10.2. The highest BCUT2D eigenvalue weighted by molar-refractivity contribution is 5.85. The molecular weight excluding hydrogens is 323 g/mol. The standard InChI is InChI=1S/C16H23FN2O3.ClH/c1-4-22-15(20)9-14(12-5-7-13(17)8-6-12)19-16(21)11(2)10-18-3;/h5-8,11,14,18H,4,9-10H2,1-3H3,(H,19,21);1H. The highest BCUT2D eigenvalue weighted by atomic mass is 35.5. The summed E-state index contributed by atoms with van der Waals surface area (Å²) < 4.78 is 18.0. The molecule has 0 aliphatic heterocycles. The maximum atomic E-state index is 13.0. The van der Waals surface area contributed by atoms with Crippen LogP contribution in [-0.4, -0.2) is 32.1 Å². The first-order valence-electron chi connectivity index (χ1n) is 7.34. The molecular formula is C16H24ClFN2O3. The van der Waals surface area contributed by atoms with Crippen molar-refractivity contribution in [2.24, 2.45) is 5.92 Å². The van der Waals surface area contributed by atoms with E-state index >= 15 is 0 Å². The molecule has 0 heterocycles. The third kappa shape index (κ3) is 7.43. The fraction of sp³-hybridized carbons (Fsp3) is 0.500. The second-order valence-electron chi connectivity index (χ2n) is 5.08. The van der Waals surface area contributed by atoms with E-state index in [0.29, 0.717) is 12.1 Å². The molecule has 2 atom stereocenters. The van der Waals surface area contributed by atoms with E-state index in [1.807, 2.05) is 0 Å². The van der Waals surface area contributed by atoms with Gasteiger partial charge < -0.3 is 15.4 Å². The van der Waals surface area contributed by atoms with E-state index in [0.717, 1.165) is 0 Å². The molecule has 0 saturated heterocycles. The van der Waals surface area contributed by atoms with Gasteiger partial charge in [-0.15, -0.1) is 12.4 Å². The minimum atomic E-state index is -0.536. The summed E-state index contributed by atoms with van der Waals surface area (Å²) in [5, 5.41) is 5.75. The Hall–Kier alpha value is -1.66. The van der Waals surface area contributed by atoms with Gasteiger partial charge in [-0.05, 0) is 31.7 Å². The van der Waals surface area contributed by atoms with Gasteiger partial charge in [-0.3, -0.25) is 9.59 Å². The topological polar surface area (TPSA) is 67.4 Å². The molecule has 7 heteroatoms. The van der Waals surface area contributed by atoms with E-state index in [-0.39, 0.29) is 43.1 Å². The van der Waals surface area contributed by atoms with Crippen molar-refractivity contribution in [1.82, 2.24) is 10.6 Å². The van der Waals surface area contributed by atoms with Crippen LogP contribution in [-0.2, 0) is 14.3 Å². The van der Waals surface area contributed by atoms with Gasteiger partial charge in [-0.25, -0.2) is 4.39 Å². The summed E-state index contributed by atoms with van der Waals surface area (Å²) in [5.74, 6) is -1.19. The Morgan fingerprint density at radius 2 is 1.87 bits per heavy atom. The molecule has 1 aromatic carbocycles. The maximum absolute atomic E-state index is 13.0. The molecule has 23 heavy (non-hydrogen) atoms. The molecule has 130 valence electrons. The van der Waals surface area contributed by atoms with Gasteiger partial charge in [0, 0.05) is 12.5 Å². The smallest absolute Gasteiger partial charge is 0.308 e. The van der Waals surface area contributed by atoms with Crippen LogP contribution in [0.15, 0.2) is 24.3 Å². The number of hydrogen-bond acceptors (Lipinski definition) is 4. The molecule has 0 bridgehead atoms. The SMILES string of the molecule is CCOC(=O)CC(NC(=O)C(C)CNC)c1ccc(F)cc1.Cl. The zero-order valence-corrected chi connectivity index (χ0v) is 14.4. The van der Waals surface area contributed by atoms with E-state index in [2.05, 4.69) is 10.6 Å². The van der Waals surface area contributed by atoms with Crippen LogP contribution in [0.2, 0.25) is 0 Å². The molecule has 1 rings (SSSR count). The lowest BCUT2D eigenvalue weighted by Gasteiger charge is -2.21. The molecule has 0 aliphatic rings. The van der Waals surface area contributed by atoms with Gasteiger partial charge in [0.05, 0.1) is 19.1 Å². The predicted octanol–water partition coefficient (Wildman–Crippen LogP) is 2.21. The van der Waals surface area contributed by atoms with Gasteiger partial charge in [-0.1, -0.05) is 19.1 Å². The molecule has 2 unspecified atom stereocenters. The van der Waals surface area contributed by atoms with E-state index in [1.54, 1.807) is 33.0 Å². The van der Waals surface area contributed by atoms with Crippen LogP contribution >= 0.6 is 12.4 Å². The summed E-state index contributed by atoms with van der Waals surface area (Å²) in [6.45, 7) is 4.32. The van der Waals surface area contributed by atoms with Crippen LogP contribution in [0.3, 0.4) is 0 Å². The van der Waals surface area contributed by atoms with Crippen molar-refractivity contribution in [1.29, 1.82) is 0 Å². The molecule has 0 radical (unpaired) electrons. The number of hydrogen-bond donors (Lipinski definition) is 2. The van der Waals surface area contributed by atoms with E-state index < -0.39 is 12.0 Å². The van der Waals surface area contributed by atoms with Gasteiger partial charge in [0.15, 0.2) is 0 Å². The number of amides is 1. The number of ether oxygens (including phenoxy) is 1. The van der Waals surface area contributed by atoms with Gasteiger partial charge in [0.2, 0.25) is 5.91 Å². The van der Waals surface area contributed by atoms with Crippen LogP contribution in [0.25, 0.3) is 0 Å². The zero-order chi connectivity index (χ0) is 16.5. The number of carbonyl (C=O) groups excluding carboxylic acids is 2. The van der Waals surface area contributed by atoms with Gasteiger partial charge in [0.25, 0.3) is 0 Å². The summed E-state index contributed by atoms with van der Waals surface area (Å²) in [6.07, 6.45) is 0.0114. The fourth-order valence-electron chi connectivity index (χ4n) is 2.05.